The third-order valence-corrected chi connectivity index (χ3v) is 15.4. The average molecular weight is 809 g/mol. The van der Waals surface area contributed by atoms with Gasteiger partial charge in [0, 0.05) is 60.3 Å². The molecule has 292 valence electrons. The number of para-hydroxylation sites is 4. The van der Waals surface area contributed by atoms with Gasteiger partial charge in [0.2, 0.25) is 0 Å². The second kappa shape index (κ2) is 14.3. The van der Waals surface area contributed by atoms with Crippen molar-refractivity contribution in [3.05, 3.63) is 235 Å². The highest BCUT2D eigenvalue weighted by atomic mass is 31.1. The van der Waals surface area contributed by atoms with E-state index in [1.54, 1.807) is 0 Å². The highest BCUT2D eigenvalue weighted by Gasteiger charge is 2.38. The van der Waals surface area contributed by atoms with Gasteiger partial charge in [-0.25, -0.2) is 0 Å². The highest BCUT2D eigenvalue weighted by molar-refractivity contribution is 7.67. The van der Waals surface area contributed by atoms with Gasteiger partial charge in [-0.1, -0.05) is 167 Å². The molecule has 0 N–H and O–H groups in total. The van der Waals surface area contributed by atoms with E-state index in [1.165, 1.54) is 76.1 Å². The fourth-order valence-corrected chi connectivity index (χ4v) is 12.8. The number of anilines is 3. The quantitative estimate of drug-likeness (QED) is 0.157. The lowest BCUT2D eigenvalue weighted by molar-refractivity contribution is 0.663. The van der Waals surface area contributed by atoms with Crippen molar-refractivity contribution in [3.8, 4) is 34.0 Å². The Morgan fingerprint density at radius 2 is 1.00 bits per heavy atom. The summed E-state index contributed by atoms with van der Waals surface area (Å²) in [5, 5.41) is 9.26. The van der Waals surface area contributed by atoms with Crippen LogP contribution in [-0.4, -0.2) is 4.57 Å². The zero-order valence-electron chi connectivity index (χ0n) is 34.5. The van der Waals surface area contributed by atoms with E-state index in [-0.39, 0.29) is 5.41 Å². The zero-order chi connectivity index (χ0) is 41.4. The number of nitrogens with zero attached hydrogens (tertiary/aromatic N) is 2. The van der Waals surface area contributed by atoms with Crippen molar-refractivity contribution in [2.75, 3.05) is 4.90 Å². The Morgan fingerprint density at radius 1 is 0.452 bits per heavy atom. The molecule has 0 radical (unpaired) electrons. The molecule has 9 aromatic carbocycles. The fourth-order valence-electron chi connectivity index (χ4n) is 10.1. The van der Waals surface area contributed by atoms with E-state index in [0.29, 0.717) is 0 Å². The van der Waals surface area contributed by atoms with Gasteiger partial charge < -0.3 is 9.47 Å². The molecule has 2 aromatic heterocycles. The first kappa shape index (κ1) is 36.3. The Labute approximate surface area is 363 Å². The first-order chi connectivity index (χ1) is 30.5. The maximum atomic E-state index is 3.63. The van der Waals surface area contributed by atoms with Gasteiger partial charge in [-0.3, -0.25) is 0 Å². The van der Waals surface area contributed by atoms with Crippen LogP contribution in [0.15, 0.2) is 212 Å². The predicted octanol–water partition coefficient (Wildman–Crippen LogP) is 16.2. The average Bonchev–Trinajstić information content (AvgIpc) is 3.91. The molecule has 1 unspecified atom stereocenters. The zero-order valence-corrected chi connectivity index (χ0v) is 35.4. The van der Waals surface area contributed by atoms with Crippen molar-refractivity contribution in [2.45, 2.75) is 19.3 Å². The van der Waals surface area contributed by atoms with Crippen LogP contribution >= 0.6 is 7.53 Å². The molecule has 0 amide bonds. The van der Waals surface area contributed by atoms with Crippen LogP contribution < -0.4 is 4.90 Å². The Balaban J connectivity index is 0.969. The van der Waals surface area contributed by atoms with Crippen molar-refractivity contribution in [1.29, 1.82) is 0 Å². The molecule has 11 aromatic rings. The van der Waals surface area contributed by atoms with Crippen molar-refractivity contribution >= 4 is 67.4 Å². The maximum absolute atomic E-state index is 3.63. The summed E-state index contributed by atoms with van der Waals surface area (Å²) in [6.45, 7) is 4.77. The van der Waals surface area contributed by atoms with Gasteiger partial charge >= 0.3 is 0 Å². The fraction of sp³-hybridized carbons (Fsp3) is 0.0508. The summed E-state index contributed by atoms with van der Waals surface area (Å²) in [6.07, 6.45) is 0. The Bertz CT molecular complexity index is 3550. The van der Waals surface area contributed by atoms with E-state index >= 15 is 0 Å². The van der Waals surface area contributed by atoms with Gasteiger partial charge in [0.15, 0.2) is 0 Å². The van der Waals surface area contributed by atoms with E-state index < -0.39 is 7.53 Å². The highest BCUT2D eigenvalue weighted by Crippen LogP contribution is 2.57. The third-order valence-electron chi connectivity index (χ3n) is 12.9. The van der Waals surface area contributed by atoms with Gasteiger partial charge in [-0.2, -0.15) is 0 Å². The van der Waals surface area contributed by atoms with Gasteiger partial charge in [0.25, 0.3) is 0 Å². The van der Waals surface area contributed by atoms with E-state index in [2.05, 4.69) is 247 Å². The molecule has 0 aliphatic heterocycles. The van der Waals surface area contributed by atoms with E-state index in [9.17, 15) is 0 Å². The van der Waals surface area contributed by atoms with Crippen LogP contribution in [0, 0.1) is 11.8 Å². The minimum Gasteiger partial charge on any atom is -0.310 e. The maximum Gasteiger partial charge on any atom is 0.0588 e. The third kappa shape index (κ3) is 5.67. The van der Waals surface area contributed by atoms with Crippen molar-refractivity contribution in [1.82, 2.24) is 4.57 Å². The molecule has 1 aliphatic carbocycles. The lowest BCUT2D eigenvalue weighted by atomic mass is 9.81. The minimum atomic E-state index is -0.814. The van der Waals surface area contributed by atoms with Gasteiger partial charge in [0.1, 0.15) is 0 Å². The molecule has 0 saturated carbocycles. The van der Waals surface area contributed by atoms with Crippen LogP contribution in [0.5, 0.6) is 0 Å². The second-order valence-corrected chi connectivity index (χ2v) is 19.0. The molecule has 62 heavy (non-hydrogen) atoms. The van der Waals surface area contributed by atoms with Crippen molar-refractivity contribution in [2.24, 2.45) is 0 Å². The SMILES string of the molecule is CC1(C)c2cc(C#Cc3ccc4c5ccc(N(c6ccccc6)c6ccccc6)cc5p(-c5ccccc5)c4c3)ccc2-c2ccc3c4ccccc4n(-c4ccccc4)c3c21. The van der Waals surface area contributed by atoms with Gasteiger partial charge in [-0.05, 0) is 117 Å². The first-order valence-corrected chi connectivity index (χ1v) is 22.7. The molecule has 1 aliphatic rings. The van der Waals surface area contributed by atoms with Crippen LogP contribution in [0.2, 0.25) is 0 Å². The molecular weight excluding hydrogens is 768 g/mol. The van der Waals surface area contributed by atoms with Crippen LogP contribution in [0.4, 0.5) is 17.1 Å². The molecule has 12 rings (SSSR count). The van der Waals surface area contributed by atoms with Crippen LogP contribution in [0.3, 0.4) is 0 Å². The lowest BCUT2D eigenvalue weighted by Crippen LogP contribution is -2.16. The second-order valence-electron chi connectivity index (χ2n) is 16.8. The molecule has 1 atom stereocenters. The standard InChI is InChI=1S/C59H41N2P/c1-59(2)53-37-40(29-32-47(53)51-35-36-52-48-25-15-16-26-54(48)61(58(52)57(51)59)44-21-11-5-12-22-44)27-28-41-30-33-49-50-34-31-45(39-56(50)62(55(49)38-41)46-23-13-6-14-24-46)60(42-17-7-3-8-18-42)43-19-9-4-10-20-43/h3-26,29-39H,1-2H3. The summed E-state index contributed by atoms with van der Waals surface area (Å²) in [6, 6.07) is 77.4. The number of fused-ring (bicyclic) bond motifs is 10. The Morgan fingerprint density at radius 3 is 1.71 bits per heavy atom. The summed E-state index contributed by atoms with van der Waals surface area (Å²) in [4.78, 5) is 2.36. The van der Waals surface area contributed by atoms with E-state index in [1.807, 2.05) is 0 Å². The van der Waals surface area contributed by atoms with Crippen molar-refractivity contribution in [3.63, 3.8) is 0 Å². The largest absolute Gasteiger partial charge is 0.310 e. The van der Waals surface area contributed by atoms with Crippen LogP contribution in [-0.2, 0) is 5.41 Å². The van der Waals surface area contributed by atoms with Crippen LogP contribution in [0.25, 0.3) is 64.9 Å². The minimum absolute atomic E-state index is 0.233. The monoisotopic (exact) mass is 808 g/mol. The summed E-state index contributed by atoms with van der Waals surface area (Å²) < 4.78 is 2.47. The molecule has 0 fully saturated rings. The summed E-state index contributed by atoms with van der Waals surface area (Å²) in [5.74, 6) is 7.25. The van der Waals surface area contributed by atoms with Gasteiger partial charge in [0.05, 0.1) is 11.0 Å². The molecular formula is C59H41N2P. The normalized spacial score (nSPS) is 13.0. The number of hydrogen-bond donors (Lipinski definition) is 0. The van der Waals surface area contributed by atoms with E-state index in [0.717, 1.165) is 28.2 Å². The molecule has 2 nitrogen and oxygen atoms in total. The summed E-state index contributed by atoms with van der Waals surface area (Å²) >= 11 is 0. The number of benzene rings is 9. The summed E-state index contributed by atoms with van der Waals surface area (Å²) in [5.41, 5.74) is 14.3. The predicted molar refractivity (Wildman–Crippen MR) is 265 cm³/mol. The lowest BCUT2D eigenvalue weighted by Gasteiger charge is -2.25. The Hall–Kier alpha value is -7.56. The number of rotatable bonds is 5. The Kier molecular flexibility index (Phi) is 8.36. The molecule has 2 heterocycles. The topological polar surface area (TPSA) is 8.17 Å². The number of aromatic nitrogens is 1. The van der Waals surface area contributed by atoms with Crippen LogP contribution in [0.1, 0.15) is 36.1 Å². The first-order valence-electron chi connectivity index (χ1n) is 21.4. The molecule has 3 heteroatoms. The summed E-state index contributed by atoms with van der Waals surface area (Å²) in [7, 11) is -0.814. The number of hydrogen-bond acceptors (Lipinski definition) is 1. The van der Waals surface area contributed by atoms with Crippen molar-refractivity contribution < 1.29 is 0 Å². The van der Waals surface area contributed by atoms with E-state index in [4.69, 9.17) is 0 Å². The molecule has 0 saturated heterocycles. The molecule has 0 bridgehead atoms. The molecule has 0 spiro atoms. The smallest absolute Gasteiger partial charge is 0.0588 e. The van der Waals surface area contributed by atoms with Gasteiger partial charge in [-0.15, -0.1) is 0 Å².